The van der Waals surface area contributed by atoms with Crippen molar-refractivity contribution in [2.75, 3.05) is 7.11 Å². The minimum absolute atomic E-state index is 0.248. The summed E-state index contributed by atoms with van der Waals surface area (Å²) in [5.74, 6) is 0.566. The van der Waals surface area contributed by atoms with Crippen molar-refractivity contribution in [2.45, 2.75) is 6.54 Å². The summed E-state index contributed by atoms with van der Waals surface area (Å²) in [4.78, 5) is 20.9. The van der Waals surface area contributed by atoms with Crippen molar-refractivity contribution in [1.29, 1.82) is 0 Å². The van der Waals surface area contributed by atoms with Gasteiger partial charge in [-0.1, -0.05) is 12.1 Å². The number of benzene rings is 1. The summed E-state index contributed by atoms with van der Waals surface area (Å²) in [5.41, 5.74) is 3.31. The first-order valence-electron chi connectivity index (χ1n) is 8.44. The molecule has 1 aromatic carbocycles. The van der Waals surface area contributed by atoms with Gasteiger partial charge in [0.05, 0.1) is 12.8 Å². The van der Waals surface area contributed by atoms with Crippen LogP contribution in [-0.2, 0) is 6.54 Å². The molecule has 0 aliphatic rings. The number of furan rings is 1. The van der Waals surface area contributed by atoms with Gasteiger partial charge in [0.1, 0.15) is 0 Å². The minimum Gasteiger partial charge on any atom is -0.493 e. The van der Waals surface area contributed by atoms with Crippen LogP contribution in [0.1, 0.15) is 16.1 Å². The second-order valence-electron chi connectivity index (χ2n) is 5.96. The molecule has 0 aliphatic heterocycles. The van der Waals surface area contributed by atoms with Crippen molar-refractivity contribution in [3.05, 3.63) is 78.4 Å². The van der Waals surface area contributed by atoms with Gasteiger partial charge in [0.2, 0.25) is 0 Å². The van der Waals surface area contributed by atoms with E-state index in [2.05, 4.69) is 15.3 Å². The summed E-state index contributed by atoms with van der Waals surface area (Å²) in [6.07, 6.45) is 5.17. The lowest BCUT2D eigenvalue weighted by Crippen LogP contribution is -2.22. The highest BCUT2D eigenvalue weighted by atomic mass is 16.5. The predicted molar refractivity (Wildman–Crippen MR) is 101 cm³/mol. The Kier molecular flexibility index (Phi) is 4.53. The molecule has 3 aromatic heterocycles. The number of ether oxygens (including phenoxy) is 1. The van der Waals surface area contributed by atoms with Gasteiger partial charge >= 0.3 is 0 Å². The smallest absolute Gasteiger partial charge is 0.287 e. The number of carbonyl (C=O) groups is 1. The summed E-state index contributed by atoms with van der Waals surface area (Å²) in [6, 6.07) is 14.8. The van der Waals surface area contributed by atoms with Gasteiger partial charge in [0.25, 0.3) is 5.91 Å². The maximum Gasteiger partial charge on any atom is 0.287 e. The Bertz CT molecular complexity index is 1090. The van der Waals surface area contributed by atoms with E-state index in [1.165, 1.54) is 0 Å². The molecule has 0 fully saturated rings. The zero-order valence-corrected chi connectivity index (χ0v) is 14.7. The zero-order valence-electron chi connectivity index (χ0n) is 14.7. The van der Waals surface area contributed by atoms with Crippen LogP contribution < -0.4 is 10.1 Å². The average Bonchev–Trinajstić information content (AvgIpc) is 3.17. The molecule has 0 saturated heterocycles. The monoisotopic (exact) mass is 359 g/mol. The van der Waals surface area contributed by atoms with Gasteiger partial charge in [0.15, 0.2) is 17.1 Å². The fourth-order valence-electron chi connectivity index (χ4n) is 2.84. The molecule has 0 unspecified atom stereocenters. The van der Waals surface area contributed by atoms with Crippen molar-refractivity contribution in [3.63, 3.8) is 0 Å². The van der Waals surface area contributed by atoms with Gasteiger partial charge in [-0.15, -0.1) is 0 Å². The number of para-hydroxylation sites is 1. The van der Waals surface area contributed by atoms with Crippen LogP contribution >= 0.6 is 0 Å². The predicted octanol–water partition coefficient (Wildman–Crippen LogP) is 3.83. The maximum atomic E-state index is 12.5. The quantitative estimate of drug-likeness (QED) is 0.586. The zero-order chi connectivity index (χ0) is 18.6. The Labute approximate surface area is 155 Å². The first-order chi connectivity index (χ1) is 13.2. The van der Waals surface area contributed by atoms with Crippen molar-refractivity contribution in [1.82, 2.24) is 15.3 Å². The third kappa shape index (κ3) is 3.50. The molecule has 1 amide bonds. The summed E-state index contributed by atoms with van der Waals surface area (Å²) in [6.45, 7) is 0.369. The number of nitrogens with one attached hydrogen (secondary N) is 1. The van der Waals surface area contributed by atoms with Gasteiger partial charge in [0, 0.05) is 36.1 Å². The summed E-state index contributed by atoms with van der Waals surface area (Å²) >= 11 is 0. The third-order valence-corrected chi connectivity index (χ3v) is 4.21. The van der Waals surface area contributed by atoms with E-state index < -0.39 is 0 Å². The molecule has 0 atom stereocenters. The fraction of sp³-hybridized carbons (Fsp3) is 0.0952. The fourth-order valence-corrected chi connectivity index (χ4v) is 2.84. The number of hydrogen-bond donors (Lipinski definition) is 1. The summed E-state index contributed by atoms with van der Waals surface area (Å²) < 4.78 is 10.9. The Morgan fingerprint density at radius 1 is 1.11 bits per heavy atom. The molecule has 0 spiro atoms. The SMILES string of the molecule is COc1cccc2cc(C(=O)NCc3ccnc(-c4ccncc4)c3)oc12. The van der Waals surface area contributed by atoms with Crippen molar-refractivity contribution in [2.24, 2.45) is 0 Å². The standard InChI is InChI=1S/C21H17N3O3/c1-26-18-4-2-3-16-12-19(27-20(16)18)21(25)24-13-14-5-10-23-17(11-14)15-6-8-22-9-7-15/h2-12H,13H2,1H3,(H,24,25). The number of pyridine rings is 2. The largest absolute Gasteiger partial charge is 0.493 e. The highest BCUT2D eigenvalue weighted by Gasteiger charge is 2.14. The third-order valence-electron chi connectivity index (χ3n) is 4.21. The van der Waals surface area contributed by atoms with Crippen LogP contribution in [0.5, 0.6) is 5.75 Å². The van der Waals surface area contributed by atoms with E-state index in [1.54, 1.807) is 37.8 Å². The van der Waals surface area contributed by atoms with Gasteiger partial charge in [-0.05, 0) is 42.0 Å². The molecule has 6 nitrogen and oxygen atoms in total. The number of nitrogens with zero attached hydrogens (tertiary/aromatic N) is 2. The number of fused-ring (bicyclic) bond motifs is 1. The Balaban J connectivity index is 1.50. The highest BCUT2D eigenvalue weighted by Crippen LogP contribution is 2.28. The second-order valence-corrected chi connectivity index (χ2v) is 5.96. The van der Waals surface area contributed by atoms with Gasteiger partial charge in [-0.3, -0.25) is 14.8 Å². The number of rotatable bonds is 5. The lowest BCUT2D eigenvalue weighted by Gasteiger charge is -2.06. The molecule has 0 saturated carbocycles. The van der Waals surface area contributed by atoms with E-state index in [0.717, 1.165) is 22.2 Å². The Morgan fingerprint density at radius 3 is 2.78 bits per heavy atom. The van der Waals surface area contributed by atoms with Crippen LogP contribution in [0.25, 0.3) is 22.2 Å². The van der Waals surface area contributed by atoms with Gasteiger partial charge < -0.3 is 14.5 Å². The van der Waals surface area contributed by atoms with E-state index in [9.17, 15) is 4.79 Å². The molecule has 0 radical (unpaired) electrons. The van der Waals surface area contributed by atoms with E-state index in [1.807, 2.05) is 36.4 Å². The minimum atomic E-state index is -0.282. The molecule has 0 aliphatic carbocycles. The molecule has 4 rings (SSSR count). The van der Waals surface area contributed by atoms with E-state index >= 15 is 0 Å². The lowest BCUT2D eigenvalue weighted by atomic mass is 10.1. The number of hydrogen-bond acceptors (Lipinski definition) is 5. The van der Waals surface area contributed by atoms with Crippen LogP contribution in [0, 0.1) is 0 Å². The van der Waals surface area contributed by atoms with Crippen molar-refractivity contribution >= 4 is 16.9 Å². The molecule has 1 N–H and O–H groups in total. The van der Waals surface area contributed by atoms with Crippen LogP contribution in [0.3, 0.4) is 0 Å². The molecular formula is C21H17N3O3. The van der Waals surface area contributed by atoms with E-state index in [4.69, 9.17) is 9.15 Å². The maximum absolute atomic E-state index is 12.5. The van der Waals surface area contributed by atoms with E-state index in [0.29, 0.717) is 17.9 Å². The van der Waals surface area contributed by atoms with Crippen LogP contribution in [0.4, 0.5) is 0 Å². The highest BCUT2D eigenvalue weighted by molar-refractivity contribution is 5.97. The molecule has 3 heterocycles. The molecule has 4 aromatic rings. The first-order valence-corrected chi connectivity index (χ1v) is 8.44. The van der Waals surface area contributed by atoms with Crippen LogP contribution in [0.15, 0.2) is 71.5 Å². The molecule has 0 bridgehead atoms. The molecule has 27 heavy (non-hydrogen) atoms. The topological polar surface area (TPSA) is 77.2 Å². The molecule has 134 valence electrons. The lowest BCUT2D eigenvalue weighted by molar-refractivity contribution is 0.0925. The number of aromatic nitrogens is 2. The Morgan fingerprint density at radius 2 is 1.96 bits per heavy atom. The van der Waals surface area contributed by atoms with Crippen molar-refractivity contribution < 1.29 is 13.9 Å². The van der Waals surface area contributed by atoms with Crippen LogP contribution in [-0.4, -0.2) is 23.0 Å². The second kappa shape index (κ2) is 7.29. The van der Waals surface area contributed by atoms with Crippen LogP contribution in [0.2, 0.25) is 0 Å². The first kappa shape index (κ1) is 16.8. The summed E-state index contributed by atoms with van der Waals surface area (Å²) in [7, 11) is 1.57. The van der Waals surface area contributed by atoms with Gasteiger partial charge in [-0.25, -0.2) is 0 Å². The number of carbonyl (C=O) groups excluding carboxylic acids is 1. The van der Waals surface area contributed by atoms with Crippen molar-refractivity contribution in [3.8, 4) is 17.0 Å². The molecule has 6 heteroatoms. The average molecular weight is 359 g/mol. The molecular weight excluding hydrogens is 342 g/mol. The van der Waals surface area contributed by atoms with E-state index in [-0.39, 0.29) is 11.7 Å². The number of methoxy groups -OCH3 is 1. The summed E-state index contributed by atoms with van der Waals surface area (Å²) in [5, 5.41) is 3.70. The number of amides is 1. The Hall–Kier alpha value is -3.67. The normalized spacial score (nSPS) is 10.7. The van der Waals surface area contributed by atoms with Gasteiger partial charge in [-0.2, -0.15) is 0 Å².